The third-order valence-electron chi connectivity index (χ3n) is 6.93. The maximum atomic E-state index is 14.7. The van der Waals surface area contributed by atoms with Crippen LogP contribution in [-0.4, -0.2) is 49.5 Å². The Hall–Kier alpha value is -0.500. The molecule has 0 aromatic carbocycles. The number of ether oxygens (including phenoxy) is 1. The zero-order chi connectivity index (χ0) is 20.6. The van der Waals surface area contributed by atoms with E-state index in [1.165, 1.54) is 6.92 Å². The van der Waals surface area contributed by atoms with Crippen LogP contribution in [-0.2, 0) is 4.74 Å². The third kappa shape index (κ3) is 4.79. The van der Waals surface area contributed by atoms with Gasteiger partial charge in [-0.3, -0.25) is 0 Å². The Labute approximate surface area is 162 Å². The van der Waals surface area contributed by atoms with E-state index in [0.29, 0.717) is 5.92 Å². The summed E-state index contributed by atoms with van der Waals surface area (Å²) in [5, 5.41) is 3.28. The van der Waals surface area contributed by atoms with Crippen molar-refractivity contribution in [1.29, 1.82) is 0 Å². The molecule has 6 unspecified atom stereocenters. The first-order valence-electron chi connectivity index (χ1n) is 10.4. The Morgan fingerprint density at radius 3 is 1.89 bits per heavy atom. The number of hydrogen-bond donors (Lipinski definition) is 1. The molecule has 2 saturated carbocycles. The van der Waals surface area contributed by atoms with Crippen molar-refractivity contribution in [1.82, 2.24) is 5.32 Å². The van der Waals surface area contributed by atoms with Gasteiger partial charge < -0.3 is 10.1 Å². The van der Waals surface area contributed by atoms with Crippen LogP contribution in [0.3, 0.4) is 0 Å². The van der Waals surface area contributed by atoms with E-state index < -0.39 is 48.7 Å². The molecule has 1 N–H and O–H groups in total. The fraction of sp³-hybridized carbons (Fsp3) is 1.00. The van der Waals surface area contributed by atoms with Crippen LogP contribution >= 0.6 is 0 Å². The summed E-state index contributed by atoms with van der Waals surface area (Å²) in [6, 6.07) is -0.0670. The third-order valence-corrected chi connectivity index (χ3v) is 6.93. The molecule has 1 aliphatic heterocycles. The predicted molar refractivity (Wildman–Crippen MR) is 94.2 cm³/mol. The summed E-state index contributed by atoms with van der Waals surface area (Å²) in [7, 11) is 0. The summed E-state index contributed by atoms with van der Waals surface area (Å²) in [6.07, 6.45) is -12.2. The maximum Gasteiger partial charge on any atom is 0.364 e. The van der Waals surface area contributed by atoms with Crippen molar-refractivity contribution in [2.75, 3.05) is 6.54 Å². The molecule has 2 aliphatic carbocycles. The molecule has 3 fully saturated rings. The van der Waals surface area contributed by atoms with Crippen LogP contribution in [0, 0.1) is 23.7 Å². The van der Waals surface area contributed by atoms with E-state index in [0.717, 1.165) is 19.4 Å². The van der Waals surface area contributed by atoms with Crippen LogP contribution < -0.4 is 5.32 Å². The molecular formula is C20H31F6NO. The molecule has 0 aromatic rings. The fourth-order valence-corrected chi connectivity index (χ4v) is 5.02. The zero-order valence-electron chi connectivity index (χ0n) is 16.4. The van der Waals surface area contributed by atoms with Gasteiger partial charge in [0.2, 0.25) is 0 Å². The maximum absolute atomic E-state index is 14.7. The van der Waals surface area contributed by atoms with Crippen LogP contribution in [0.15, 0.2) is 0 Å². The average Bonchev–Trinajstić information content (AvgIpc) is 2.59. The summed E-state index contributed by atoms with van der Waals surface area (Å²) >= 11 is 0. The highest BCUT2D eigenvalue weighted by atomic mass is 19.3. The minimum atomic E-state index is -4.09. The minimum Gasteiger partial charge on any atom is -0.317 e. The fourth-order valence-electron chi connectivity index (χ4n) is 5.02. The van der Waals surface area contributed by atoms with Crippen molar-refractivity contribution in [2.24, 2.45) is 23.7 Å². The number of nitrogens with one attached hydrogen (secondary N) is 1. The highest BCUT2D eigenvalue weighted by Crippen LogP contribution is 2.46. The molecule has 6 atom stereocenters. The number of piperidine rings is 1. The van der Waals surface area contributed by atoms with Gasteiger partial charge in [-0.2, -0.15) is 8.78 Å². The van der Waals surface area contributed by atoms with Crippen molar-refractivity contribution >= 4 is 0 Å². The van der Waals surface area contributed by atoms with E-state index in [9.17, 15) is 26.3 Å². The van der Waals surface area contributed by atoms with Crippen molar-refractivity contribution in [3.05, 3.63) is 0 Å². The smallest absolute Gasteiger partial charge is 0.317 e. The van der Waals surface area contributed by atoms with Crippen LogP contribution in [0.2, 0.25) is 0 Å². The zero-order valence-corrected chi connectivity index (χ0v) is 16.4. The molecule has 164 valence electrons. The lowest BCUT2D eigenvalue weighted by atomic mass is 9.73. The number of alkyl halides is 6. The van der Waals surface area contributed by atoms with Crippen molar-refractivity contribution < 1.29 is 31.1 Å². The van der Waals surface area contributed by atoms with E-state index in [2.05, 4.69) is 17.0 Å². The van der Waals surface area contributed by atoms with Gasteiger partial charge in [0.15, 0.2) is 0 Å². The Bertz CT molecular complexity index is 491. The van der Waals surface area contributed by atoms with Gasteiger partial charge in [-0.05, 0) is 44.1 Å². The average molecular weight is 415 g/mol. The van der Waals surface area contributed by atoms with Crippen LogP contribution in [0.4, 0.5) is 26.3 Å². The van der Waals surface area contributed by atoms with Gasteiger partial charge in [0.05, 0.1) is 6.10 Å². The first kappa shape index (κ1) is 22.2. The molecule has 0 aromatic heterocycles. The minimum absolute atomic E-state index is 0.0670. The molecule has 28 heavy (non-hydrogen) atoms. The highest BCUT2D eigenvalue weighted by molar-refractivity contribution is 4.96. The van der Waals surface area contributed by atoms with Crippen LogP contribution in [0.1, 0.15) is 52.4 Å². The van der Waals surface area contributed by atoms with Crippen LogP contribution in [0.25, 0.3) is 0 Å². The molecule has 0 spiro atoms. The van der Waals surface area contributed by atoms with E-state index in [1.807, 2.05) is 0 Å². The molecule has 0 radical (unpaired) electrons. The monoisotopic (exact) mass is 415 g/mol. The Balaban J connectivity index is 1.61. The van der Waals surface area contributed by atoms with E-state index >= 15 is 0 Å². The summed E-state index contributed by atoms with van der Waals surface area (Å²) in [6.45, 7) is 4.22. The molecular weight excluding hydrogens is 384 g/mol. The molecule has 2 nitrogen and oxygen atoms in total. The van der Waals surface area contributed by atoms with Crippen molar-refractivity contribution in [3.8, 4) is 0 Å². The summed E-state index contributed by atoms with van der Waals surface area (Å²) in [5.41, 5.74) is 0. The van der Waals surface area contributed by atoms with Gasteiger partial charge in [-0.15, -0.1) is 0 Å². The second-order valence-corrected chi connectivity index (χ2v) is 9.15. The largest absolute Gasteiger partial charge is 0.364 e. The molecule has 0 bridgehead atoms. The quantitative estimate of drug-likeness (QED) is 0.641. The molecule has 3 rings (SSSR count). The normalized spacial score (nSPS) is 48.4. The van der Waals surface area contributed by atoms with Gasteiger partial charge >= 0.3 is 6.11 Å². The second kappa shape index (κ2) is 8.70. The van der Waals surface area contributed by atoms with Crippen LogP contribution in [0.5, 0.6) is 0 Å². The van der Waals surface area contributed by atoms with Gasteiger partial charge in [-0.25, -0.2) is 17.6 Å². The lowest BCUT2D eigenvalue weighted by molar-refractivity contribution is -0.323. The number of halogens is 6. The standard InChI is InChI=1S/C20H31F6NO/c1-10-3-4-18(27-9-10)12-5-16(23)19(17(24)6-12)20(25,26)28-13-7-14(21)11(2)15(22)8-13/h10-19,27H,3-9H2,1-2H3. The Kier molecular flexibility index (Phi) is 6.90. The molecule has 0 amide bonds. The summed E-state index contributed by atoms with van der Waals surface area (Å²) in [4.78, 5) is 0. The highest BCUT2D eigenvalue weighted by Gasteiger charge is 2.56. The van der Waals surface area contributed by atoms with E-state index in [-0.39, 0.29) is 37.6 Å². The van der Waals surface area contributed by atoms with Gasteiger partial charge in [0.25, 0.3) is 0 Å². The lowest BCUT2D eigenvalue weighted by Crippen LogP contribution is -2.54. The Morgan fingerprint density at radius 1 is 0.821 bits per heavy atom. The number of rotatable bonds is 4. The van der Waals surface area contributed by atoms with Gasteiger partial charge in [0.1, 0.15) is 30.6 Å². The lowest BCUT2D eigenvalue weighted by Gasteiger charge is -2.43. The van der Waals surface area contributed by atoms with Crippen molar-refractivity contribution in [3.63, 3.8) is 0 Å². The van der Waals surface area contributed by atoms with E-state index in [4.69, 9.17) is 0 Å². The summed E-state index contributed by atoms with van der Waals surface area (Å²) < 4.78 is 90.8. The van der Waals surface area contributed by atoms with Gasteiger partial charge in [-0.1, -0.05) is 13.8 Å². The second-order valence-electron chi connectivity index (χ2n) is 9.15. The molecule has 3 aliphatic rings. The molecule has 1 heterocycles. The Morgan fingerprint density at radius 2 is 1.39 bits per heavy atom. The SMILES string of the molecule is CC1CCC(C2CC(F)C(C(F)(F)OC3CC(F)C(C)C(F)C3)C(F)C2)NC1. The first-order valence-corrected chi connectivity index (χ1v) is 10.4. The van der Waals surface area contributed by atoms with Crippen molar-refractivity contribution in [2.45, 2.75) is 95.3 Å². The predicted octanol–water partition coefficient (Wildman–Crippen LogP) is 5.16. The molecule has 8 heteroatoms. The molecule has 1 saturated heterocycles. The van der Waals surface area contributed by atoms with E-state index in [1.54, 1.807) is 0 Å². The first-order chi connectivity index (χ1) is 13.1. The van der Waals surface area contributed by atoms with Gasteiger partial charge in [0, 0.05) is 24.8 Å². The summed E-state index contributed by atoms with van der Waals surface area (Å²) in [5.74, 6) is -2.98. The number of hydrogen-bond acceptors (Lipinski definition) is 2. The topological polar surface area (TPSA) is 21.3 Å².